The number of ketones is 2. The highest BCUT2D eigenvalue weighted by molar-refractivity contribution is 6.47. The van der Waals surface area contributed by atoms with Gasteiger partial charge in [0, 0.05) is 47.3 Å². The number of carbonyl (C=O) groups is 3. The molecule has 164 valence electrons. The van der Waals surface area contributed by atoms with Gasteiger partial charge >= 0.3 is 5.97 Å². The maximum absolute atomic E-state index is 13.3. The standard InChI is InChI=1S/C22H28O8/c1-9(8-23)12-15(25)13-14(18(28)16(12)26)22(5)7-6-11(30-10(2)24)21(3,4)20(22)19(29)17(13)27/h9,11,20,23,25-26,28H,6-8H2,1-5H3. The number of fused-ring (bicyclic) bond motifs is 3. The number of ether oxygens (including phenoxy) is 1. The van der Waals surface area contributed by atoms with Gasteiger partial charge in [0.1, 0.15) is 11.9 Å². The number of hydrogen-bond acceptors (Lipinski definition) is 8. The molecule has 8 heteroatoms. The third kappa shape index (κ3) is 2.80. The highest BCUT2D eigenvalue weighted by Crippen LogP contribution is 2.61. The van der Waals surface area contributed by atoms with Crippen LogP contribution < -0.4 is 0 Å². The normalized spacial score (nSPS) is 28.5. The van der Waals surface area contributed by atoms with Crippen molar-refractivity contribution in [2.24, 2.45) is 11.3 Å². The minimum absolute atomic E-state index is 0.0235. The van der Waals surface area contributed by atoms with Crippen molar-refractivity contribution in [3.63, 3.8) is 0 Å². The first-order valence-electron chi connectivity index (χ1n) is 9.98. The van der Waals surface area contributed by atoms with Crippen molar-refractivity contribution in [2.75, 3.05) is 6.61 Å². The smallest absolute Gasteiger partial charge is 0.302 e. The highest BCUT2D eigenvalue weighted by Gasteiger charge is 2.62. The van der Waals surface area contributed by atoms with E-state index in [9.17, 15) is 34.8 Å². The van der Waals surface area contributed by atoms with Crippen LogP contribution in [-0.4, -0.2) is 50.7 Å². The number of phenolic OH excluding ortho intramolecular Hbond substituents is 3. The summed E-state index contributed by atoms with van der Waals surface area (Å²) in [6.45, 7) is 7.51. The Morgan fingerprint density at radius 3 is 2.27 bits per heavy atom. The van der Waals surface area contributed by atoms with Crippen LogP contribution >= 0.6 is 0 Å². The van der Waals surface area contributed by atoms with Gasteiger partial charge in [-0.2, -0.15) is 0 Å². The maximum atomic E-state index is 13.3. The number of esters is 1. The SMILES string of the molecule is CC(=O)OC1CCC2(C)c3c(O)c(O)c(C(C)CO)c(O)c3C(=O)C(=O)C2C1(C)C. The molecule has 2 aliphatic carbocycles. The van der Waals surface area contributed by atoms with Gasteiger partial charge < -0.3 is 25.2 Å². The molecule has 0 amide bonds. The zero-order valence-electron chi connectivity index (χ0n) is 17.8. The lowest BCUT2D eigenvalue weighted by Gasteiger charge is -2.55. The molecule has 8 nitrogen and oxygen atoms in total. The van der Waals surface area contributed by atoms with Gasteiger partial charge in [-0.1, -0.05) is 27.7 Å². The number of carbonyl (C=O) groups excluding carboxylic acids is 3. The van der Waals surface area contributed by atoms with Crippen LogP contribution in [0.4, 0.5) is 0 Å². The Kier molecular flexibility index (Phi) is 5.13. The number of benzene rings is 1. The highest BCUT2D eigenvalue weighted by atomic mass is 16.5. The molecule has 4 atom stereocenters. The molecule has 0 bridgehead atoms. The fourth-order valence-corrected chi connectivity index (χ4v) is 5.58. The Hall–Kier alpha value is -2.61. The molecule has 2 aliphatic rings. The summed E-state index contributed by atoms with van der Waals surface area (Å²) in [5, 5.41) is 41.8. The van der Waals surface area contributed by atoms with E-state index in [0.29, 0.717) is 6.42 Å². The average Bonchev–Trinajstić information content (AvgIpc) is 2.64. The fraction of sp³-hybridized carbons (Fsp3) is 0.591. The summed E-state index contributed by atoms with van der Waals surface area (Å²) in [7, 11) is 0. The van der Waals surface area contributed by atoms with Crippen molar-refractivity contribution >= 4 is 17.5 Å². The molecule has 3 rings (SSSR count). The number of phenols is 3. The Bertz CT molecular complexity index is 947. The van der Waals surface area contributed by atoms with E-state index in [1.54, 1.807) is 20.8 Å². The van der Waals surface area contributed by atoms with Crippen LogP contribution in [0.5, 0.6) is 17.2 Å². The van der Waals surface area contributed by atoms with Gasteiger partial charge in [0.25, 0.3) is 0 Å². The predicted octanol–water partition coefficient (Wildman–Crippen LogP) is 2.29. The van der Waals surface area contributed by atoms with Crippen molar-refractivity contribution in [1.29, 1.82) is 0 Å². The summed E-state index contributed by atoms with van der Waals surface area (Å²) in [6.07, 6.45) is 0.0484. The van der Waals surface area contributed by atoms with E-state index < -0.39 is 70.2 Å². The minimum Gasteiger partial charge on any atom is -0.507 e. The van der Waals surface area contributed by atoms with Crippen molar-refractivity contribution in [2.45, 2.75) is 64.9 Å². The number of Topliss-reactive ketones (excluding diaryl/α,β-unsaturated/α-hetero) is 2. The van der Waals surface area contributed by atoms with Gasteiger partial charge in [-0.15, -0.1) is 0 Å². The van der Waals surface area contributed by atoms with Crippen LogP contribution in [0.25, 0.3) is 0 Å². The number of hydrogen-bond donors (Lipinski definition) is 4. The summed E-state index contributed by atoms with van der Waals surface area (Å²) >= 11 is 0. The molecule has 4 N–H and O–H groups in total. The topological polar surface area (TPSA) is 141 Å². The molecule has 0 radical (unpaired) electrons. The first-order chi connectivity index (χ1) is 13.8. The number of aliphatic hydroxyl groups excluding tert-OH is 1. The summed E-state index contributed by atoms with van der Waals surface area (Å²) in [5.41, 5.74) is -2.50. The minimum atomic E-state index is -1.08. The Labute approximate surface area is 174 Å². The van der Waals surface area contributed by atoms with E-state index in [4.69, 9.17) is 4.74 Å². The van der Waals surface area contributed by atoms with E-state index in [1.807, 2.05) is 0 Å². The summed E-state index contributed by atoms with van der Waals surface area (Å²) in [4.78, 5) is 37.9. The van der Waals surface area contributed by atoms with Gasteiger partial charge in [-0.25, -0.2) is 0 Å². The van der Waals surface area contributed by atoms with Crippen molar-refractivity contribution in [3.8, 4) is 17.2 Å². The Morgan fingerprint density at radius 2 is 1.73 bits per heavy atom. The predicted molar refractivity (Wildman–Crippen MR) is 106 cm³/mol. The largest absolute Gasteiger partial charge is 0.507 e. The van der Waals surface area contributed by atoms with E-state index in [0.717, 1.165) is 0 Å². The maximum Gasteiger partial charge on any atom is 0.302 e. The van der Waals surface area contributed by atoms with Crippen molar-refractivity contribution in [1.82, 2.24) is 0 Å². The second-order valence-corrected chi connectivity index (χ2v) is 9.30. The Morgan fingerprint density at radius 1 is 1.13 bits per heavy atom. The van der Waals surface area contributed by atoms with E-state index in [2.05, 4.69) is 0 Å². The molecule has 1 aromatic carbocycles. The lowest BCUT2D eigenvalue weighted by atomic mass is 9.48. The molecule has 0 saturated heterocycles. The van der Waals surface area contributed by atoms with Gasteiger partial charge in [-0.3, -0.25) is 14.4 Å². The molecular weight excluding hydrogens is 392 g/mol. The van der Waals surface area contributed by atoms with Crippen LogP contribution in [0.15, 0.2) is 0 Å². The van der Waals surface area contributed by atoms with E-state index >= 15 is 0 Å². The molecule has 0 heterocycles. The second kappa shape index (κ2) is 6.97. The molecular formula is C22H28O8. The molecule has 1 fully saturated rings. The zero-order chi connectivity index (χ0) is 22.8. The van der Waals surface area contributed by atoms with E-state index in [-0.39, 0.29) is 23.1 Å². The van der Waals surface area contributed by atoms with Crippen LogP contribution in [0.3, 0.4) is 0 Å². The number of aliphatic hydroxyl groups is 1. The summed E-state index contributed by atoms with van der Waals surface area (Å²) in [6, 6.07) is 0. The first-order valence-corrected chi connectivity index (χ1v) is 9.98. The van der Waals surface area contributed by atoms with Crippen LogP contribution in [0.1, 0.15) is 74.9 Å². The van der Waals surface area contributed by atoms with Gasteiger partial charge in [0.2, 0.25) is 11.6 Å². The summed E-state index contributed by atoms with van der Waals surface area (Å²) < 4.78 is 5.42. The fourth-order valence-electron chi connectivity index (χ4n) is 5.58. The molecule has 1 aromatic rings. The van der Waals surface area contributed by atoms with Crippen molar-refractivity contribution in [3.05, 3.63) is 16.7 Å². The monoisotopic (exact) mass is 420 g/mol. The molecule has 0 aromatic heterocycles. The first kappa shape index (κ1) is 22.1. The molecule has 4 unspecified atom stereocenters. The lowest BCUT2D eigenvalue weighted by Crippen LogP contribution is -2.60. The van der Waals surface area contributed by atoms with Crippen LogP contribution in [0, 0.1) is 11.3 Å². The lowest BCUT2D eigenvalue weighted by molar-refractivity contribution is -0.166. The quantitative estimate of drug-likeness (QED) is 0.253. The summed E-state index contributed by atoms with van der Waals surface area (Å²) in [5.74, 6) is -5.70. The average molecular weight is 420 g/mol. The second-order valence-electron chi connectivity index (χ2n) is 9.30. The third-order valence-electron chi connectivity index (χ3n) is 6.95. The number of rotatable bonds is 3. The molecule has 1 saturated carbocycles. The molecule has 0 aliphatic heterocycles. The van der Waals surface area contributed by atoms with Crippen LogP contribution in [-0.2, 0) is 19.7 Å². The van der Waals surface area contributed by atoms with Gasteiger partial charge in [0.05, 0.1) is 5.56 Å². The molecule has 0 spiro atoms. The van der Waals surface area contributed by atoms with E-state index in [1.165, 1.54) is 13.8 Å². The van der Waals surface area contributed by atoms with Gasteiger partial charge in [0.15, 0.2) is 11.5 Å². The zero-order valence-corrected chi connectivity index (χ0v) is 17.8. The number of aromatic hydroxyl groups is 3. The van der Waals surface area contributed by atoms with Crippen molar-refractivity contribution < 1.29 is 39.5 Å². The Balaban J connectivity index is 2.31. The molecule has 30 heavy (non-hydrogen) atoms. The van der Waals surface area contributed by atoms with Gasteiger partial charge in [-0.05, 0) is 12.8 Å². The third-order valence-corrected chi connectivity index (χ3v) is 6.95. The van der Waals surface area contributed by atoms with Crippen LogP contribution in [0.2, 0.25) is 0 Å².